The number of hydrogen-bond acceptors (Lipinski definition) is 5. The molecule has 4 aromatic rings. The van der Waals surface area contributed by atoms with Gasteiger partial charge in [-0.2, -0.15) is 0 Å². The number of hydrogen-bond donors (Lipinski definition) is 0. The fourth-order valence-corrected chi connectivity index (χ4v) is 5.34. The van der Waals surface area contributed by atoms with E-state index in [1.807, 2.05) is 23.1 Å². The van der Waals surface area contributed by atoms with Crippen molar-refractivity contribution in [1.29, 1.82) is 0 Å². The van der Waals surface area contributed by atoms with Crippen LogP contribution in [0.15, 0.2) is 71.3 Å². The van der Waals surface area contributed by atoms with Crippen LogP contribution in [0.3, 0.4) is 0 Å². The summed E-state index contributed by atoms with van der Waals surface area (Å²) in [6, 6.07) is 20.3. The Morgan fingerprint density at radius 3 is 2.58 bits per heavy atom. The topological polar surface area (TPSA) is 52.8 Å². The summed E-state index contributed by atoms with van der Waals surface area (Å²) in [5.74, 6) is 0.546. The molecule has 1 aromatic heterocycles. The van der Waals surface area contributed by atoms with Crippen LogP contribution >= 0.6 is 0 Å². The van der Waals surface area contributed by atoms with Crippen molar-refractivity contribution in [2.45, 2.75) is 19.3 Å². The summed E-state index contributed by atoms with van der Waals surface area (Å²) >= 11 is 0. The third-order valence-electron chi connectivity index (χ3n) is 7.35. The van der Waals surface area contributed by atoms with Crippen molar-refractivity contribution in [3.05, 3.63) is 89.2 Å². The number of amides is 1. The highest BCUT2D eigenvalue weighted by atomic mass is 19.1. The molecule has 6 rings (SSSR count). The lowest BCUT2D eigenvalue weighted by Crippen LogP contribution is -2.47. The van der Waals surface area contributed by atoms with E-state index in [9.17, 15) is 9.18 Å². The predicted octanol–water partition coefficient (Wildman–Crippen LogP) is 4.92. The zero-order valence-electron chi connectivity index (χ0n) is 20.2. The zero-order chi connectivity index (χ0) is 24.5. The van der Waals surface area contributed by atoms with E-state index in [0.29, 0.717) is 12.1 Å². The summed E-state index contributed by atoms with van der Waals surface area (Å²) in [5.41, 5.74) is 4.85. The predicted molar refractivity (Wildman–Crippen MR) is 139 cm³/mol. The number of carbonyl (C=O) groups excluding carboxylic acids is 1. The summed E-state index contributed by atoms with van der Waals surface area (Å²) in [7, 11) is 0. The quantitative estimate of drug-likeness (QED) is 0.402. The van der Waals surface area contributed by atoms with Gasteiger partial charge in [-0.25, -0.2) is 4.39 Å². The van der Waals surface area contributed by atoms with Crippen molar-refractivity contribution < 1.29 is 13.7 Å². The first-order chi connectivity index (χ1) is 17.7. The van der Waals surface area contributed by atoms with Gasteiger partial charge in [-0.15, -0.1) is 0 Å². The number of fused-ring (bicyclic) bond motifs is 2. The number of para-hydroxylation sites is 1. The van der Waals surface area contributed by atoms with Gasteiger partial charge < -0.3 is 14.3 Å². The van der Waals surface area contributed by atoms with Crippen LogP contribution in [0.1, 0.15) is 27.9 Å². The van der Waals surface area contributed by atoms with Crippen LogP contribution < -0.4 is 9.80 Å². The number of aryl methyl sites for hydroxylation is 1. The first kappa shape index (κ1) is 22.7. The van der Waals surface area contributed by atoms with Crippen molar-refractivity contribution in [3.63, 3.8) is 0 Å². The standard InChI is InChI=1S/C29H29FN4O2/c30-24-10-8-22(9-11-24)29(35)34-14-3-4-23-20-21(7-12-26(23)34)13-15-32-16-18-33(19-17-32)28-25-5-1-2-6-27(25)36-31-28/h1-2,5-12,20H,3-4,13-19H2. The fraction of sp³-hybridized carbons (Fsp3) is 0.310. The van der Waals surface area contributed by atoms with Crippen LogP contribution in [0.5, 0.6) is 0 Å². The number of rotatable bonds is 5. The molecule has 0 N–H and O–H groups in total. The molecule has 184 valence electrons. The number of anilines is 2. The normalized spacial score (nSPS) is 16.4. The van der Waals surface area contributed by atoms with Crippen molar-refractivity contribution in [1.82, 2.24) is 10.1 Å². The Kier molecular flexibility index (Phi) is 6.15. The molecule has 36 heavy (non-hydrogen) atoms. The Bertz CT molecular complexity index is 1380. The van der Waals surface area contributed by atoms with Crippen LogP contribution in [0.25, 0.3) is 11.0 Å². The summed E-state index contributed by atoms with van der Waals surface area (Å²) in [6.45, 7) is 5.54. The molecule has 0 saturated carbocycles. The average Bonchev–Trinajstić information content (AvgIpc) is 3.36. The lowest BCUT2D eigenvalue weighted by atomic mass is 9.97. The van der Waals surface area contributed by atoms with E-state index in [1.54, 1.807) is 12.1 Å². The maximum absolute atomic E-state index is 13.3. The molecule has 0 aliphatic carbocycles. The third-order valence-corrected chi connectivity index (χ3v) is 7.35. The lowest BCUT2D eigenvalue weighted by molar-refractivity contribution is 0.0985. The Morgan fingerprint density at radius 2 is 1.75 bits per heavy atom. The van der Waals surface area contributed by atoms with E-state index in [1.165, 1.54) is 23.3 Å². The molecular formula is C29H29FN4O2. The van der Waals surface area contributed by atoms with Gasteiger partial charge in [0.1, 0.15) is 5.82 Å². The molecule has 3 aromatic carbocycles. The van der Waals surface area contributed by atoms with Crippen LogP contribution in [0, 0.1) is 5.82 Å². The van der Waals surface area contributed by atoms with Crippen molar-refractivity contribution in [3.8, 4) is 0 Å². The highest BCUT2D eigenvalue weighted by Crippen LogP contribution is 2.30. The van der Waals surface area contributed by atoms with E-state index in [2.05, 4.69) is 39.2 Å². The fourth-order valence-electron chi connectivity index (χ4n) is 5.34. The van der Waals surface area contributed by atoms with Crippen LogP contribution in [0.2, 0.25) is 0 Å². The molecule has 0 unspecified atom stereocenters. The van der Waals surface area contributed by atoms with Crippen LogP contribution in [-0.2, 0) is 12.8 Å². The second kappa shape index (κ2) is 9.74. The molecule has 3 heterocycles. The largest absolute Gasteiger partial charge is 0.354 e. The monoisotopic (exact) mass is 484 g/mol. The van der Waals surface area contributed by atoms with Gasteiger partial charge in [0.05, 0.1) is 5.39 Å². The van der Waals surface area contributed by atoms with E-state index in [-0.39, 0.29) is 11.7 Å². The number of carbonyl (C=O) groups is 1. The van der Waals surface area contributed by atoms with E-state index in [0.717, 1.165) is 74.5 Å². The van der Waals surface area contributed by atoms with E-state index in [4.69, 9.17) is 4.52 Å². The second-order valence-electron chi connectivity index (χ2n) is 9.61. The second-order valence-corrected chi connectivity index (χ2v) is 9.61. The number of nitrogens with zero attached hydrogens (tertiary/aromatic N) is 4. The Morgan fingerprint density at radius 1 is 0.944 bits per heavy atom. The molecule has 2 aliphatic heterocycles. The summed E-state index contributed by atoms with van der Waals surface area (Å²) in [4.78, 5) is 19.7. The minimum Gasteiger partial charge on any atom is -0.354 e. The molecule has 1 fully saturated rings. The van der Waals surface area contributed by atoms with E-state index >= 15 is 0 Å². The number of piperazine rings is 1. The number of benzene rings is 3. The summed E-state index contributed by atoms with van der Waals surface area (Å²) < 4.78 is 18.8. The Hall–Kier alpha value is -3.71. The number of halogens is 1. The van der Waals surface area contributed by atoms with Crippen molar-refractivity contribution in [2.24, 2.45) is 0 Å². The molecule has 7 heteroatoms. The minimum absolute atomic E-state index is 0.0681. The van der Waals surface area contributed by atoms with Gasteiger partial charge in [0, 0.05) is 50.5 Å². The first-order valence-electron chi connectivity index (χ1n) is 12.7. The SMILES string of the molecule is O=C(c1ccc(F)cc1)N1CCCc2cc(CCN3CCN(c4noc5ccccc45)CC3)ccc21. The highest BCUT2D eigenvalue weighted by molar-refractivity contribution is 6.06. The highest BCUT2D eigenvalue weighted by Gasteiger charge is 2.25. The minimum atomic E-state index is -0.330. The Labute approximate surface area is 209 Å². The first-order valence-corrected chi connectivity index (χ1v) is 12.7. The van der Waals surface area contributed by atoms with Crippen molar-refractivity contribution in [2.75, 3.05) is 49.1 Å². The maximum atomic E-state index is 13.3. The molecule has 1 amide bonds. The van der Waals surface area contributed by atoms with Gasteiger partial charge >= 0.3 is 0 Å². The van der Waals surface area contributed by atoms with Gasteiger partial charge in [0.2, 0.25) is 0 Å². The molecule has 1 saturated heterocycles. The molecular weight excluding hydrogens is 455 g/mol. The summed E-state index contributed by atoms with van der Waals surface area (Å²) in [5, 5.41) is 5.38. The molecule has 0 spiro atoms. The summed E-state index contributed by atoms with van der Waals surface area (Å²) in [6.07, 6.45) is 2.88. The van der Waals surface area contributed by atoms with Gasteiger partial charge in [0.25, 0.3) is 5.91 Å². The molecule has 6 nitrogen and oxygen atoms in total. The van der Waals surface area contributed by atoms with Crippen LogP contribution in [-0.4, -0.2) is 55.2 Å². The molecule has 0 bridgehead atoms. The van der Waals surface area contributed by atoms with E-state index < -0.39 is 0 Å². The van der Waals surface area contributed by atoms with Gasteiger partial charge in [-0.1, -0.05) is 29.4 Å². The molecule has 2 aliphatic rings. The smallest absolute Gasteiger partial charge is 0.258 e. The maximum Gasteiger partial charge on any atom is 0.258 e. The lowest BCUT2D eigenvalue weighted by Gasteiger charge is -2.35. The van der Waals surface area contributed by atoms with Gasteiger partial charge in [-0.3, -0.25) is 9.69 Å². The van der Waals surface area contributed by atoms with Crippen LogP contribution in [0.4, 0.5) is 15.9 Å². The average molecular weight is 485 g/mol. The molecule has 0 radical (unpaired) electrons. The van der Waals surface area contributed by atoms with Gasteiger partial charge in [0.15, 0.2) is 11.4 Å². The molecule has 0 atom stereocenters. The zero-order valence-corrected chi connectivity index (χ0v) is 20.2. The Balaban J connectivity index is 1.07. The third kappa shape index (κ3) is 4.46. The van der Waals surface area contributed by atoms with Crippen molar-refractivity contribution >= 4 is 28.4 Å². The number of aromatic nitrogens is 1. The van der Waals surface area contributed by atoms with Gasteiger partial charge in [-0.05, 0) is 72.9 Å².